The maximum absolute atomic E-state index is 12.5. The molecule has 9 nitrogen and oxygen atoms in total. The molecular weight excluding hydrogens is 422 g/mol. The van der Waals surface area contributed by atoms with Crippen LogP contribution in [-0.4, -0.2) is 57.3 Å². The van der Waals surface area contributed by atoms with Crippen molar-refractivity contribution in [1.29, 1.82) is 0 Å². The highest BCUT2D eigenvalue weighted by Gasteiger charge is 2.21. The second-order valence-corrected chi connectivity index (χ2v) is 9.14. The summed E-state index contributed by atoms with van der Waals surface area (Å²) in [6, 6.07) is 9.70. The first-order valence-electron chi connectivity index (χ1n) is 10.1. The van der Waals surface area contributed by atoms with Gasteiger partial charge < -0.3 is 9.47 Å². The number of hydrogen-bond acceptors (Lipinski definition) is 6. The Bertz CT molecular complexity index is 1040. The summed E-state index contributed by atoms with van der Waals surface area (Å²) in [6.07, 6.45) is 2.41. The number of hydrogen-bond donors (Lipinski definition) is 2. The van der Waals surface area contributed by atoms with E-state index in [9.17, 15) is 13.3 Å². The molecule has 3 rings (SSSR count). The zero-order valence-electron chi connectivity index (χ0n) is 17.7. The topological polar surface area (TPSA) is 108 Å². The average Bonchev–Trinajstić information content (AvgIpc) is 2.77. The molecular formula is C21H28N3O6S+. The van der Waals surface area contributed by atoms with E-state index in [4.69, 9.17) is 14.7 Å². The lowest BCUT2D eigenvalue weighted by Gasteiger charge is -2.28. The lowest BCUT2D eigenvalue weighted by molar-refractivity contribution is -0.729. The molecule has 0 fully saturated rings. The molecule has 0 saturated carbocycles. The molecule has 168 valence electrons. The van der Waals surface area contributed by atoms with Crippen LogP contribution in [0.4, 0.5) is 5.69 Å². The lowest BCUT2D eigenvalue weighted by Crippen LogP contribution is -2.32. The fraction of sp³-hybridized carbons (Fsp3) is 0.429. The van der Waals surface area contributed by atoms with E-state index >= 15 is 0 Å². The van der Waals surface area contributed by atoms with Gasteiger partial charge in [-0.2, -0.15) is 0 Å². The minimum atomic E-state index is -3.63. The molecule has 0 aliphatic carbocycles. The molecule has 0 atom stereocenters. The predicted molar refractivity (Wildman–Crippen MR) is 114 cm³/mol. The van der Waals surface area contributed by atoms with Gasteiger partial charge in [-0.1, -0.05) is 6.07 Å². The third kappa shape index (κ3) is 5.72. The number of unbranched alkanes of at least 4 members (excludes halogenated alkanes) is 1. The van der Waals surface area contributed by atoms with Crippen LogP contribution >= 0.6 is 0 Å². The molecule has 2 N–H and O–H groups in total. The van der Waals surface area contributed by atoms with Crippen molar-refractivity contribution in [3.05, 3.63) is 52.4 Å². The third-order valence-corrected chi connectivity index (χ3v) is 6.82. The maximum atomic E-state index is 12.5. The standard InChI is InChI=1S/C21H28N3O6S/c1-29-20-8-7-19(14-21(20)30-2)31(27,28)22-10-3-4-11-23-12-9-16-5-6-18(24(25)26)13-17(16)15-23/h5-8,13-14,22H,3-4,9-12,15H2,1-2H3,(H,25,26)/q+1. The van der Waals surface area contributed by atoms with Crippen molar-refractivity contribution in [2.45, 2.75) is 30.7 Å². The number of benzene rings is 2. The van der Waals surface area contributed by atoms with Crippen LogP contribution in [0.5, 0.6) is 11.5 Å². The van der Waals surface area contributed by atoms with Crippen LogP contribution in [-0.2, 0) is 23.0 Å². The Morgan fingerprint density at radius 1 is 1.06 bits per heavy atom. The van der Waals surface area contributed by atoms with Gasteiger partial charge in [0.05, 0.1) is 24.0 Å². The molecule has 10 heteroatoms. The molecule has 0 bridgehead atoms. The Balaban J connectivity index is 1.47. The fourth-order valence-corrected chi connectivity index (χ4v) is 4.73. The highest BCUT2D eigenvalue weighted by atomic mass is 32.2. The van der Waals surface area contributed by atoms with Crippen molar-refractivity contribution in [1.82, 2.24) is 9.62 Å². The molecule has 2 aromatic carbocycles. The summed E-state index contributed by atoms with van der Waals surface area (Å²) in [5.74, 6) is 0.832. The van der Waals surface area contributed by atoms with Gasteiger partial charge in [-0.25, -0.2) is 18.3 Å². The van der Waals surface area contributed by atoms with Crippen molar-refractivity contribution in [3.8, 4) is 11.5 Å². The van der Waals surface area contributed by atoms with E-state index < -0.39 is 10.0 Å². The van der Waals surface area contributed by atoms with E-state index in [1.54, 1.807) is 18.2 Å². The lowest BCUT2D eigenvalue weighted by atomic mass is 9.99. The molecule has 1 aliphatic heterocycles. The van der Waals surface area contributed by atoms with Crippen molar-refractivity contribution >= 4 is 15.7 Å². The van der Waals surface area contributed by atoms with E-state index in [1.807, 2.05) is 6.07 Å². The van der Waals surface area contributed by atoms with Gasteiger partial charge in [0.15, 0.2) is 11.5 Å². The quantitative estimate of drug-likeness (QED) is 0.423. The largest absolute Gasteiger partial charge is 0.493 e. The summed E-state index contributed by atoms with van der Waals surface area (Å²) < 4.78 is 38.0. The molecule has 1 aliphatic rings. The number of ether oxygens (including phenoxy) is 2. The predicted octanol–water partition coefficient (Wildman–Crippen LogP) is 2.62. The minimum Gasteiger partial charge on any atom is -0.493 e. The summed E-state index contributed by atoms with van der Waals surface area (Å²) in [5, 5.41) is 9.09. The van der Waals surface area contributed by atoms with Crippen molar-refractivity contribution in [2.75, 3.05) is 33.9 Å². The number of methoxy groups -OCH3 is 2. The van der Waals surface area contributed by atoms with E-state index in [2.05, 4.69) is 9.62 Å². The monoisotopic (exact) mass is 450 g/mol. The first-order valence-corrected chi connectivity index (χ1v) is 11.5. The van der Waals surface area contributed by atoms with E-state index in [0.717, 1.165) is 31.5 Å². The van der Waals surface area contributed by atoms with Crippen molar-refractivity contribution in [2.24, 2.45) is 0 Å². The van der Waals surface area contributed by atoms with Crippen LogP contribution < -0.4 is 14.2 Å². The molecule has 0 aromatic heterocycles. The highest BCUT2D eigenvalue weighted by Crippen LogP contribution is 2.29. The highest BCUT2D eigenvalue weighted by molar-refractivity contribution is 7.89. The second-order valence-electron chi connectivity index (χ2n) is 7.37. The first-order chi connectivity index (χ1) is 14.8. The van der Waals surface area contributed by atoms with Gasteiger partial charge in [0.1, 0.15) is 0 Å². The van der Waals surface area contributed by atoms with Gasteiger partial charge in [-0.05, 0) is 49.1 Å². The Hall–Kier alpha value is -2.69. The summed E-state index contributed by atoms with van der Waals surface area (Å²) in [5.41, 5.74) is 2.45. The molecule has 2 aromatic rings. The average molecular weight is 451 g/mol. The Morgan fingerprint density at radius 2 is 1.84 bits per heavy atom. The second kappa shape index (κ2) is 10.1. The smallest absolute Gasteiger partial charge is 0.316 e. The number of nitrogens with zero attached hydrogens (tertiary/aromatic N) is 2. The Labute approximate surface area is 182 Å². The fourth-order valence-electron chi connectivity index (χ4n) is 3.65. The Morgan fingerprint density at radius 3 is 2.55 bits per heavy atom. The summed E-state index contributed by atoms with van der Waals surface area (Å²) in [7, 11) is -0.678. The van der Waals surface area contributed by atoms with Crippen molar-refractivity contribution in [3.63, 3.8) is 0 Å². The summed E-state index contributed by atoms with van der Waals surface area (Å²) in [4.78, 5) is 13.4. The molecule has 1 heterocycles. The van der Waals surface area contributed by atoms with Crippen LogP contribution in [0.15, 0.2) is 41.3 Å². The zero-order valence-corrected chi connectivity index (χ0v) is 18.5. The van der Waals surface area contributed by atoms with Gasteiger partial charge >= 0.3 is 5.69 Å². The third-order valence-electron chi connectivity index (χ3n) is 5.36. The summed E-state index contributed by atoms with van der Waals surface area (Å²) in [6.45, 7) is 2.77. The molecule has 0 amide bonds. The molecule has 0 spiro atoms. The van der Waals surface area contributed by atoms with Crippen LogP contribution in [0, 0.1) is 4.91 Å². The SMILES string of the molecule is COc1ccc(S(=O)(=O)NCCCCN2CCc3ccc([N+](=O)O)cc3C2)cc1OC. The first kappa shape index (κ1) is 23.0. The summed E-state index contributed by atoms with van der Waals surface area (Å²) >= 11 is 0. The van der Waals surface area contributed by atoms with E-state index in [-0.39, 0.29) is 15.5 Å². The molecule has 31 heavy (non-hydrogen) atoms. The van der Waals surface area contributed by atoms with Crippen LogP contribution in [0.2, 0.25) is 0 Å². The van der Waals surface area contributed by atoms with E-state index in [0.29, 0.717) is 31.0 Å². The number of nitrogens with one attached hydrogen (secondary N) is 1. The number of rotatable bonds is 10. The Kier molecular flexibility index (Phi) is 7.47. The van der Waals surface area contributed by atoms with Gasteiger partial charge in [-0.3, -0.25) is 4.90 Å². The van der Waals surface area contributed by atoms with Crippen LogP contribution in [0.3, 0.4) is 0 Å². The van der Waals surface area contributed by atoms with Crippen LogP contribution in [0.1, 0.15) is 24.0 Å². The van der Waals surface area contributed by atoms with Crippen molar-refractivity contribution < 1.29 is 28.0 Å². The van der Waals surface area contributed by atoms with Gasteiger partial charge in [0, 0.05) is 37.8 Å². The number of fused-ring (bicyclic) bond motifs is 1. The van der Waals surface area contributed by atoms with Gasteiger partial charge in [0.2, 0.25) is 10.0 Å². The van der Waals surface area contributed by atoms with E-state index in [1.165, 1.54) is 31.9 Å². The normalized spacial score (nSPS) is 14.1. The zero-order chi connectivity index (χ0) is 22.4. The minimum absolute atomic E-state index is 0.121. The van der Waals surface area contributed by atoms with Crippen LogP contribution in [0.25, 0.3) is 0 Å². The number of sulfonamides is 1. The van der Waals surface area contributed by atoms with Gasteiger partial charge in [0.25, 0.3) is 4.92 Å². The van der Waals surface area contributed by atoms with Gasteiger partial charge in [-0.15, -0.1) is 0 Å². The molecule has 0 saturated heterocycles. The molecule has 0 unspecified atom stereocenters. The maximum Gasteiger partial charge on any atom is 0.316 e. The molecule has 0 radical (unpaired) electrons.